The van der Waals surface area contributed by atoms with E-state index in [0.29, 0.717) is 18.7 Å². The van der Waals surface area contributed by atoms with Crippen LogP contribution in [0.25, 0.3) is 0 Å². The predicted octanol–water partition coefficient (Wildman–Crippen LogP) is 3.43. The van der Waals surface area contributed by atoms with Crippen LogP contribution < -0.4 is 10.1 Å². The Morgan fingerprint density at radius 3 is 2.90 bits per heavy atom. The molecular weight excluding hydrogens is 260 g/mol. The van der Waals surface area contributed by atoms with Gasteiger partial charge >= 0.3 is 0 Å². The van der Waals surface area contributed by atoms with Gasteiger partial charge in [-0.15, -0.1) is 0 Å². The third-order valence-electron chi connectivity index (χ3n) is 3.97. The maximum absolute atomic E-state index is 5.84. The van der Waals surface area contributed by atoms with E-state index in [9.17, 15) is 0 Å². The first-order chi connectivity index (χ1) is 10.2. The molecule has 0 saturated heterocycles. The second kappa shape index (κ2) is 6.27. The number of ether oxygens (including phenoxy) is 1. The summed E-state index contributed by atoms with van der Waals surface area (Å²) in [6, 6.07) is 13.0. The van der Waals surface area contributed by atoms with Crippen LogP contribution in [-0.2, 0) is 6.42 Å². The summed E-state index contributed by atoms with van der Waals surface area (Å²) in [6.07, 6.45) is 4.12. The van der Waals surface area contributed by atoms with Gasteiger partial charge in [0, 0.05) is 12.2 Å². The molecule has 0 fully saturated rings. The van der Waals surface area contributed by atoms with Gasteiger partial charge < -0.3 is 10.1 Å². The van der Waals surface area contributed by atoms with E-state index in [1.807, 2.05) is 24.4 Å². The molecule has 0 saturated carbocycles. The molecule has 3 rings (SSSR count). The van der Waals surface area contributed by atoms with Crippen molar-refractivity contribution in [3.8, 4) is 5.75 Å². The smallest absolute Gasteiger partial charge is 0.119 e. The number of hydrogen-bond donors (Lipinski definition) is 1. The van der Waals surface area contributed by atoms with Crippen LogP contribution in [0, 0.1) is 6.92 Å². The molecule has 1 aliphatic rings. The molecule has 0 spiro atoms. The van der Waals surface area contributed by atoms with E-state index in [-0.39, 0.29) is 0 Å². The lowest BCUT2D eigenvalue weighted by molar-refractivity contribution is 0.260. The minimum atomic E-state index is 0.296. The molecule has 110 valence electrons. The Labute approximate surface area is 126 Å². The summed E-state index contributed by atoms with van der Waals surface area (Å²) < 4.78 is 5.84. The third-order valence-corrected chi connectivity index (χ3v) is 3.97. The van der Waals surface area contributed by atoms with Crippen molar-refractivity contribution in [2.75, 3.05) is 6.61 Å². The standard InChI is InChI=1S/C18H22N2O/c1-13-5-8-16(9-6-13)21-12-14(2)20-17-10-7-15-4-3-11-19-18(15)17/h3-6,8-9,11,14,17,20H,7,10,12H2,1-2H3. The highest BCUT2D eigenvalue weighted by atomic mass is 16.5. The van der Waals surface area contributed by atoms with Gasteiger partial charge in [0.25, 0.3) is 0 Å². The van der Waals surface area contributed by atoms with Gasteiger partial charge in [-0.25, -0.2) is 0 Å². The van der Waals surface area contributed by atoms with Gasteiger partial charge in [0.2, 0.25) is 0 Å². The van der Waals surface area contributed by atoms with Crippen LogP contribution in [0.15, 0.2) is 42.6 Å². The van der Waals surface area contributed by atoms with E-state index in [1.165, 1.54) is 16.8 Å². The highest BCUT2D eigenvalue weighted by Gasteiger charge is 2.24. The van der Waals surface area contributed by atoms with E-state index in [0.717, 1.165) is 18.6 Å². The molecule has 0 aliphatic heterocycles. The molecule has 0 radical (unpaired) electrons. The van der Waals surface area contributed by atoms with Crippen LogP contribution >= 0.6 is 0 Å². The van der Waals surface area contributed by atoms with Gasteiger partial charge in [-0.1, -0.05) is 23.8 Å². The van der Waals surface area contributed by atoms with Crippen molar-refractivity contribution in [2.45, 2.75) is 38.8 Å². The maximum atomic E-state index is 5.84. The number of nitrogens with zero attached hydrogens (tertiary/aromatic N) is 1. The molecule has 1 aliphatic carbocycles. The molecule has 0 bridgehead atoms. The molecular formula is C18H22N2O. The fourth-order valence-corrected chi connectivity index (χ4v) is 2.82. The van der Waals surface area contributed by atoms with Gasteiger partial charge in [-0.2, -0.15) is 0 Å². The predicted molar refractivity (Wildman–Crippen MR) is 84.6 cm³/mol. The van der Waals surface area contributed by atoms with Gasteiger partial charge in [0.05, 0.1) is 11.7 Å². The number of aromatic nitrogens is 1. The SMILES string of the molecule is Cc1ccc(OCC(C)NC2CCc3cccnc32)cc1. The lowest BCUT2D eigenvalue weighted by Crippen LogP contribution is -2.34. The Morgan fingerprint density at radius 2 is 2.10 bits per heavy atom. The molecule has 1 N–H and O–H groups in total. The monoisotopic (exact) mass is 282 g/mol. The van der Waals surface area contributed by atoms with Crippen LogP contribution in [0.5, 0.6) is 5.75 Å². The summed E-state index contributed by atoms with van der Waals surface area (Å²) in [7, 11) is 0. The van der Waals surface area contributed by atoms with Crippen LogP contribution in [-0.4, -0.2) is 17.6 Å². The van der Waals surface area contributed by atoms with Crippen molar-refractivity contribution in [3.05, 3.63) is 59.4 Å². The van der Waals surface area contributed by atoms with Crippen molar-refractivity contribution < 1.29 is 4.74 Å². The molecule has 2 aromatic rings. The fraction of sp³-hybridized carbons (Fsp3) is 0.389. The quantitative estimate of drug-likeness (QED) is 0.912. The van der Waals surface area contributed by atoms with Crippen molar-refractivity contribution in [1.29, 1.82) is 0 Å². The first-order valence-electron chi connectivity index (χ1n) is 7.61. The lowest BCUT2D eigenvalue weighted by atomic mass is 10.2. The lowest BCUT2D eigenvalue weighted by Gasteiger charge is -2.20. The molecule has 1 aromatic heterocycles. The molecule has 1 heterocycles. The number of aryl methyl sites for hydroxylation is 2. The highest BCUT2D eigenvalue weighted by molar-refractivity contribution is 5.28. The number of hydrogen-bond acceptors (Lipinski definition) is 3. The molecule has 3 nitrogen and oxygen atoms in total. The van der Waals surface area contributed by atoms with Crippen molar-refractivity contribution in [2.24, 2.45) is 0 Å². The van der Waals surface area contributed by atoms with E-state index in [4.69, 9.17) is 4.74 Å². The average Bonchev–Trinajstić information content (AvgIpc) is 2.90. The molecule has 2 atom stereocenters. The van der Waals surface area contributed by atoms with Gasteiger partial charge in [0.1, 0.15) is 12.4 Å². The number of pyridine rings is 1. The summed E-state index contributed by atoms with van der Waals surface area (Å²) in [6.45, 7) is 4.91. The summed E-state index contributed by atoms with van der Waals surface area (Å²) in [5, 5.41) is 3.63. The Balaban J connectivity index is 1.53. The molecule has 21 heavy (non-hydrogen) atoms. The number of fused-ring (bicyclic) bond motifs is 1. The number of benzene rings is 1. The van der Waals surface area contributed by atoms with Crippen LogP contribution in [0.2, 0.25) is 0 Å². The Bertz CT molecular complexity index is 594. The van der Waals surface area contributed by atoms with Crippen LogP contribution in [0.1, 0.15) is 36.2 Å². The zero-order valence-corrected chi connectivity index (χ0v) is 12.7. The summed E-state index contributed by atoms with van der Waals surface area (Å²) in [5.41, 5.74) is 3.84. The first kappa shape index (κ1) is 14.1. The molecule has 2 unspecified atom stereocenters. The largest absolute Gasteiger partial charge is 0.492 e. The van der Waals surface area contributed by atoms with E-state index >= 15 is 0 Å². The third kappa shape index (κ3) is 3.42. The Morgan fingerprint density at radius 1 is 1.29 bits per heavy atom. The van der Waals surface area contributed by atoms with Crippen LogP contribution in [0.3, 0.4) is 0 Å². The second-order valence-electron chi connectivity index (χ2n) is 5.83. The normalized spacial score (nSPS) is 18.3. The number of nitrogens with one attached hydrogen (secondary N) is 1. The molecule has 1 aromatic carbocycles. The summed E-state index contributed by atoms with van der Waals surface area (Å²) >= 11 is 0. The van der Waals surface area contributed by atoms with Gasteiger partial charge in [0.15, 0.2) is 0 Å². The average molecular weight is 282 g/mol. The summed E-state index contributed by atoms with van der Waals surface area (Å²) in [5.74, 6) is 0.930. The molecule has 3 heteroatoms. The zero-order valence-electron chi connectivity index (χ0n) is 12.7. The maximum Gasteiger partial charge on any atom is 0.119 e. The van der Waals surface area contributed by atoms with E-state index in [1.54, 1.807) is 0 Å². The highest BCUT2D eigenvalue weighted by Crippen LogP contribution is 2.29. The van der Waals surface area contributed by atoms with E-state index < -0.39 is 0 Å². The number of rotatable bonds is 5. The van der Waals surface area contributed by atoms with Crippen LogP contribution in [0.4, 0.5) is 0 Å². The van der Waals surface area contributed by atoms with Crippen molar-refractivity contribution in [3.63, 3.8) is 0 Å². The minimum absolute atomic E-state index is 0.296. The topological polar surface area (TPSA) is 34.1 Å². The Hall–Kier alpha value is -1.87. The van der Waals surface area contributed by atoms with E-state index in [2.05, 4.69) is 42.3 Å². The van der Waals surface area contributed by atoms with Crippen molar-refractivity contribution in [1.82, 2.24) is 10.3 Å². The van der Waals surface area contributed by atoms with Gasteiger partial charge in [-0.3, -0.25) is 4.98 Å². The van der Waals surface area contributed by atoms with Crippen molar-refractivity contribution >= 4 is 0 Å². The second-order valence-corrected chi connectivity index (χ2v) is 5.83. The first-order valence-corrected chi connectivity index (χ1v) is 7.61. The summed E-state index contributed by atoms with van der Waals surface area (Å²) in [4.78, 5) is 4.52. The fourth-order valence-electron chi connectivity index (χ4n) is 2.82. The minimum Gasteiger partial charge on any atom is -0.492 e. The zero-order chi connectivity index (χ0) is 14.7. The Kier molecular flexibility index (Phi) is 4.20. The molecule has 0 amide bonds. The van der Waals surface area contributed by atoms with Gasteiger partial charge in [-0.05, 0) is 50.5 Å².